The Kier molecular flexibility index (Phi) is 3.90. The van der Waals surface area contributed by atoms with Crippen molar-refractivity contribution in [3.8, 4) is 5.75 Å². The second-order valence-corrected chi connectivity index (χ2v) is 5.06. The molecule has 0 unspecified atom stereocenters. The molecule has 0 aromatic heterocycles. The minimum absolute atomic E-state index is 0.0283. The van der Waals surface area contributed by atoms with E-state index in [0.29, 0.717) is 5.75 Å². The number of aliphatic hydroxyl groups is 1. The molecule has 19 heavy (non-hydrogen) atoms. The molecule has 6 heteroatoms. The van der Waals surface area contributed by atoms with Crippen LogP contribution in [0.25, 0.3) is 0 Å². The highest BCUT2D eigenvalue weighted by molar-refractivity contribution is 5.59. The number of aliphatic hydroxyl groups excluding tert-OH is 1. The molecule has 104 valence electrons. The molecule has 1 N–H and O–H groups in total. The Bertz CT molecular complexity index is 470. The lowest BCUT2D eigenvalue weighted by Crippen LogP contribution is -2.48. The average Bonchev–Trinajstić information content (AvgIpc) is 2.26. The average molecular weight is 266 g/mol. The van der Waals surface area contributed by atoms with Crippen molar-refractivity contribution in [2.75, 3.05) is 24.6 Å². The number of nitro benzene ring substituents is 1. The van der Waals surface area contributed by atoms with Gasteiger partial charge in [-0.05, 0) is 13.8 Å². The van der Waals surface area contributed by atoms with Gasteiger partial charge in [0.05, 0.1) is 17.1 Å². The monoisotopic (exact) mass is 266 g/mol. The van der Waals surface area contributed by atoms with Crippen molar-refractivity contribution in [2.24, 2.45) is 5.92 Å². The van der Waals surface area contributed by atoms with Gasteiger partial charge in [0, 0.05) is 43.4 Å². The largest absolute Gasteiger partial charge is 0.491 e. The summed E-state index contributed by atoms with van der Waals surface area (Å²) in [6.07, 6.45) is -0.0311. The maximum Gasteiger partial charge on any atom is 0.275 e. The molecule has 0 aliphatic carbocycles. The number of hydrogen-bond donors (Lipinski definition) is 1. The van der Waals surface area contributed by atoms with Crippen LogP contribution in [0.4, 0.5) is 11.4 Å². The quantitative estimate of drug-likeness (QED) is 0.649. The molecule has 1 aromatic carbocycles. The normalized spacial score (nSPS) is 15.5. The van der Waals surface area contributed by atoms with Gasteiger partial charge in [0.15, 0.2) is 0 Å². The lowest BCUT2D eigenvalue weighted by atomic mass is 10.0. The summed E-state index contributed by atoms with van der Waals surface area (Å²) in [5, 5.41) is 19.9. The Morgan fingerprint density at radius 3 is 2.68 bits per heavy atom. The minimum atomic E-state index is -0.417. The summed E-state index contributed by atoms with van der Waals surface area (Å²) in [7, 11) is 0. The molecule has 0 radical (unpaired) electrons. The Hall–Kier alpha value is -1.82. The molecule has 0 atom stereocenters. The van der Waals surface area contributed by atoms with Crippen molar-refractivity contribution >= 4 is 11.4 Å². The van der Waals surface area contributed by atoms with Crippen LogP contribution in [0, 0.1) is 16.0 Å². The molecule has 0 amide bonds. The summed E-state index contributed by atoms with van der Waals surface area (Å²) in [6, 6.07) is 4.79. The van der Waals surface area contributed by atoms with E-state index >= 15 is 0 Å². The maximum atomic E-state index is 10.9. The van der Waals surface area contributed by atoms with Crippen LogP contribution in [0.15, 0.2) is 18.2 Å². The SMILES string of the molecule is CC(C)Oc1cc(N2CC(CO)C2)cc([N+](=O)[O-])c1. The molecule has 1 aromatic rings. The van der Waals surface area contributed by atoms with E-state index in [2.05, 4.69) is 0 Å². The van der Waals surface area contributed by atoms with Crippen molar-refractivity contribution in [1.82, 2.24) is 0 Å². The number of rotatable bonds is 5. The van der Waals surface area contributed by atoms with Crippen LogP contribution < -0.4 is 9.64 Å². The Morgan fingerprint density at radius 1 is 1.47 bits per heavy atom. The van der Waals surface area contributed by atoms with Crippen LogP contribution in [0.3, 0.4) is 0 Å². The number of hydrogen-bond acceptors (Lipinski definition) is 5. The van der Waals surface area contributed by atoms with E-state index in [1.807, 2.05) is 18.7 Å². The Morgan fingerprint density at radius 2 is 2.16 bits per heavy atom. The molecular weight excluding hydrogens is 248 g/mol. The lowest BCUT2D eigenvalue weighted by molar-refractivity contribution is -0.384. The van der Waals surface area contributed by atoms with Gasteiger partial charge in [0.1, 0.15) is 5.75 Å². The smallest absolute Gasteiger partial charge is 0.275 e. The second kappa shape index (κ2) is 5.44. The molecule has 6 nitrogen and oxygen atoms in total. The van der Waals surface area contributed by atoms with Gasteiger partial charge in [0.2, 0.25) is 0 Å². The molecule has 1 heterocycles. The Balaban J connectivity index is 2.22. The summed E-state index contributed by atoms with van der Waals surface area (Å²) in [6.45, 7) is 5.35. The fraction of sp³-hybridized carbons (Fsp3) is 0.538. The topological polar surface area (TPSA) is 75.8 Å². The predicted octanol–water partition coefficient (Wildman–Crippen LogP) is 1.81. The molecule has 1 aliphatic heterocycles. The van der Waals surface area contributed by atoms with Gasteiger partial charge >= 0.3 is 0 Å². The van der Waals surface area contributed by atoms with E-state index in [4.69, 9.17) is 9.84 Å². The summed E-state index contributed by atoms with van der Waals surface area (Å²) in [5.41, 5.74) is 0.801. The molecular formula is C13H18N2O4. The van der Waals surface area contributed by atoms with E-state index in [1.165, 1.54) is 6.07 Å². The molecule has 2 rings (SSSR count). The van der Waals surface area contributed by atoms with Gasteiger partial charge in [-0.1, -0.05) is 0 Å². The van der Waals surface area contributed by atoms with E-state index in [0.717, 1.165) is 18.8 Å². The molecule has 1 fully saturated rings. The number of nitrogens with zero attached hydrogens (tertiary/aromatic N) is 2. The maximum absolute atomic E-state index is 10.9. The predicted molar refractivity (Wildman–Crippen MR) is 71.6 cm³/mol. The van der Waals surface area contributed by atoms with Gasteiger partial charge in [0.25, 0.3) is 5.69 Å². The van der Waals surface area contributed by atoms with Gasteiger partial charge < -0.3 is 14.7 Å². The number of benzene rings is 1. The zero-order valence-corrected chi connectivity index (χ0v) is 11.1. The third-order valence-corrected chi connectivity index (χ3v) is 3.04. The first kappa shape index (κ1) is 13.6. The van der Waals surface area contributed by atoms with Crippen molar-refractivity contribution in [3.63, 3.8) is 0 Å². The van der Waals surface area contributed by atoms with Crippen molar-refractivity contribution in [1.29, 1.82) is 0 Å². The first-order valence-electron chi connectivity index (χ1n) is 6.31. The van der Waals surface area contributed by atoms with Crippen LogP contribution in [0.5, 0.6) is 5.75 Å². The second-order valence-electron chi connectivity index (χ2n) is 5.06. The molecule has 1 saturated heterocycles. The van der Waals surface area contributed by atoms with Crippen LogP contribution in [-0.4, -0.2) is 35.8 Å². The van der Waals surface area contributed by atoms with Gasteiger partial charge in [-0.15, -0.1) is 0 Å². The Labute approximate surface area is 111 Å². The first-order valence-corrected chi connectivity index (χ1v) is 6.31. The van der Waals surface area contributed by atoms with Crippen LogP contribution in [0.1, 0.15) is 13.8 Å². The van der Waals surface area contributed by atoms with E-state index in [9.17, 15) is 10.1 Å². The number of ether oxygens (including phenoxy) is 1. The number of nitro groups is 1. The van der Waals surface area contributed by atoms with Gasteiger partial charge in [-0.3, -0.25) is 10.1 Å². The molecule has 1 aliphatic rings. The first-order chi connectivity index (χ1) is 8.99. The van der Waals surface area contributed by atoms with E-state index in [1.54, 1.807) is 12.1 Å². The third-order valence-electron chi connectivity index (χ3n) is 3.04. The third kappa shape index (κ3) is 3.14. The van der Waals surface area contributed by atoms with Crippen LogP contribution in [0.2, 0.25) is 0 Å². The highest BCUT2D eigenvalue weighted by atomic mass is 16.6. The van der Waals surface area contributed by atoms with Crippen molar-refractivity contribution in [2.45, 2.75) is 20.0 Å². The summed E-state index contributed by atoms with van der Waals surface area (Å²) >= 11 is 0. The summed E-state index contributed by atoms with van der Waals surface area (Å²) in [5.74, 6) is 0.764. The lowest BCUT2D eigenvalue weighted by Gasteiger charge is -2.40. The molecule has 0 spiro atoms. The molecule has 0 bridgehead atoms. The fourth-order valence-corrected chi connectivity index (χ4v) is 2.09. The van der Waals surface area contributed by atoms with Crippen LogP contribution >= 0.6 is 0 Å². The summed E-state index contributed by atoms with van der Waals surface area (Å²) in [4.78, 5) is 12.5. The van der Waals surface area contributed by atoms with Gasteiger partial charge in [-0.25, -0.2) is 0 Å². The highest BCUT2D eigenvalue weighted by Crippen LogP contribution is 2.32. The van der Waals surface area contributed by atoms with Crippen molar-refractivity contribution < 1.29 is 14.8 Å². The van der Waals surface area contributed by atoms with Gasteiger partial charge in [-0.2, -0.15) is 0 Å². The number of non-ortho nitro benzene ring substituents is 1. The van der Waals surface area contributed by atoms with E-state index in [-0.39, 0.29) is 24.3 Å². The van der Waals surface area contributed by atoms with Crippen LogP contribution in [-0.2, 0) is 0 Å². The molecule has 0 saturated carbocycles. The fourth-order valence-electron chi connectivity index (χ4n) is 2.09. The zero-order valence-electron chi connectivity index (χ0n) is 11.1. The van der Waals surface area contributed by atoms with Crippen molar-refractivity contribution in [3.05, 3.63) is 28.3 Å². The summed E-state index contributed by atoms with van der Waals surface area (Å²) < 4.78 is 5.54. The number of anilines is 1. The highest BCUT2D eigenvalue weighted by Gasteiger charge is 2.27. The minimum Gasteiger partial charge on any atom is -0.491 e. The van der Waals surface area contributed by atoms with E-state index < -0.39 is 4.92 Å². The zero-order chi connectivity index (χ0) is 14.0. The standard InChI is InChI=1S/C13H18N2O4/c1-9(2)19-13-4-11(3-12(5-13)15(17)18)14-6-10(7-14)8-16/h3-5,9-10,16H,6-8H2,1-2H3.